The number of aromatic nitrogens is 3. The summed E-state index contributed by atoms with van der Waals surface area (Å²) in [7, 11) is 0. The number of alkyl halides is 3. The van der Waals surface area contributed by atoms with Gasteiger partial charge in [0.25, 0.3) is 0 Å². The maximum absolute atomic E-state index is 14.0. The fourth-order valence-electron chi connectivity index (χ4n) is 10.1. The molecular weight excluding hydrogens is 914 g/mol. The highest BCUT2D eigenvalue weighted by Crippen LogP contribution is 2.35. The Morgan fingerprint density at radius 3 is 2.29 bits per heavy atom. The summed E-state index contributed by atoms with van der Waals surface area (Å²) in [5, 5.41) is 19.1. The van der Waals surface area contributed by atoms with Gasteiger partial charge in [0.05, 0.1) is 74.8 Å². The van der Waals surface area contributed by atoms with E-state index in [1.165, 1.54) is 12.4 Å². The smallest absolute Gasteiger partial charge is 0.379 e. The Bertz CT molecular complexity index is 2260. The lowest BCUT2D eigenvalue weighted by Gasteiger charge is -2.43. The number of pyridine rings is 1. The monoisotopic (exact) mass is 981 g/mol. The Balaban J connectivity index is 0.774. The summed E-state index contributed by atoms with van der Waals surface area (Å²) in [4.78, 5) is 79.7. The van der Waals surface area contributed by atoms with Crippen LogP contribution in [0, 0.1) is 11.8 Å². The molecule has 382 valence electrons. The predicted octanol–water partition coefficient (Wildman–Crippen LogP) is 3.96. The number of halogens is 3. The first-order valence-electron chi connectivity index (χ1n) is 24.5. The number of hydrogen-bond acceptors (Lipinski definition) is 13. The summed E-state index contributed by atoms with van der Waals surface area (Å²) < 4.78 is 57.4. The number of ether oxygens (including phenoxy) is 3. The molecule has 3 aromatic rings. The number of anilines is 1. The number of rotatable bonds is 21. The molecule has 2 aliphatic carbocycles. The van der Waals surface area contributed by atoms with Crippen molar-refractivity contribution in [3.05, 3.63) is 60.2 Å². The van der Waals surface area contributed by atoms with Crippen molar-refractivity contribution in [1.29, 1.82) is 0 Å². The van der Waals surface area contributed by atoms with E-state index in [1.807, 2.05) is 11.0 Å². The van der Waals surface area contributed by atoms with Crippen LogP contribution >= 0.6 is 0 Å². The molecule has 6 atom stereocenters. The average Bonchev–Trinajstić information content (AvgIpc) is 3.90. The van der Waals surface area contributed by atoms with Gasteiger partial charge >= 0.3 is 6.18 Å². The minimum Gasteiger partial charge on any atom is -0.379 e. The molecule has 18 nitrogen and oxygen atoms in total. The summed E-state index contributed by atoms with van der Waals surface area (Å²) >= 11 is 0. The zero-order valence-electron chi connectivity index (χ0n) is 40.2. The number of amides is 5. The predicted molar refractivity (Wildman–Crippen MR) is 252 cm³/mol. The number of carbonyl (C=O) groups excluding carboxylic acids is 5. The van der Waals surface area contributed by atoms with Crippen LogP contribution in [0.1, 0.15) is 102 Å². The minimum absolute atomic E-state index is 0.0533. The molecule has 21 heteroatoms. The van der Waals surface area contributed by atoms with Crippen molar-refractivity contribution in [3.8, 4) is 0 Å². The van der Waals surface area contributed by atoms with E-state index in [9.17, 15) is 37.1 Å². The van der Waals surface area contributed by atoms with Crippen LogP contribution in [0.15, 0.2) is 49.1 Å². The molecule has 4 fully saturated rings. The van der Waals surface area contributed by atoms with Crippen LogP contribution in [0.2, 0.25) is 0 Å². The highest BCUT2D eigenvalue weighted by Gasteiger charge is 2.44. The molecule has 4 heterocycles. The van der Waals surface area contributed by atoms with E-state index >= 15 is 0 Å². The molecule has 70 heavy (non-hydrogen) atoms. The van der Waals surface area contributed by atoms with Gasteiger partial charge in [-0.3, -0.25) is 29.0 Å². The Morgan fingerprint density at radius 1 is 0.843 bits per heavy atom. The van der Waals surface area contributed by atoms with Gasteiger partial charge in [0.1, 0.15) is 18.2 Å². The maximum atomic E-state index is 14.0. The van der Waals surface area contributed by atoms with Crippen molar-refractivity contribution in [1.82, 2.24) is 46.4 Å². The van der Waals surface area contributed by atoms with E-state index in [0.29, 0.717) is 90.0 Å². The molecule has 1 aromatic carbocycles. The standard InChI is InChI=1S/C49H67F3N10O8/c1-48(2,3)61-34-11-13-40(62-18-14-38(47(62)67)58-44-35-25-32(49(50,51)52)8-12-37(35)55-29-56-44)39(26-34)59-45(65)30-6-9-33(10-7-30)57-41(63)15-19-68-21-23-70-24-22-69-20-17-54-46(66)36-27-42(64)60-43(36)31-5-4-16-53-28-31/h4-5,8,12,16,25,28-30,33-34,36,38-40,43,61H,6-7,9-11,13-15,17-24,26-27H2,1-3H3,(H,54,66)(H,57,63)(H,59,65)(H,60,64)(H,55,56,58)/t30-,33-,34-,36+,38+,39-,40+,43-/m1/s1. The van der Waals surface area contributed by atoms with Crippen LogP contribution in [-0.4, -0.2) is 138 Å². The first-order valence-corrected chi connectivity index (χ1v) is 24.5. The average molecular weight is 981 g/mol. The Morgan fingerprint density at radius 2 is 1.57 bits per heavy atom. The first kappa shape index (κ1) is 52.3. The van der Waals surface area contributed by atoms with Crippen LogP contribution in [0.4, 0.5) is 19.0 Å². The molecule has 2 aromatic heterocycles. The fraction of sp³-hybridized carbons (Fsp3) is 0.633. The third-order valence-electron chi connectivity index (χ3n) is 13.4. The van der Waals surface area contributed by atoms with Crippen molar-refractivity contribution in [3.63, 3.8) is 0 Å². The van der Waals surface area contributed by atoms with Gasteiger partial charge in [0, 0.05) is 67.3 Å². The second-order valence-corrected chi connectivity index (χ2v) is 19.7. The van der Waals surface area contributed by atoms with Crippen LogP contribution in [-0.2, 0) is 44.4 Å². The molecule has 7 rings (SSSR count). The normalized spacial score (nSPS) is 25.1. The van der Waals surface area contributed by atoms with Crippen LogP contribution in [0.25, 0.3) is 10.9 Å². The van der Waals surface area contributed by atoms with Crippen LogP contribution < -0.4 is 31.9 Å². The maximum Gasteiger partial charge on any atom is 0.416 e. The molecule has 0 spiro atoms. The van der Waals surface area contributed by atoms with Gasteiger partial charge in [-0.05, 0) is 102 Å². The van der Waals surface area contributed by atoms with Crippen LogP contribution in [0.5, 0.6) is 0 Å². The Kier molecular flexibility index (Phi) is 18.0. The second-order valence-electron chi connectivity index (χ2n) is 19.7. The molecule has 5 amide bonds. The van der Waals surface area contributed by atoms with Crippen molar-refractivity contribution >= 4 is 46.3 Å². The number of carbonyl (C=O) groups is 5. The van der Waals surface area contributed by atoms with Gasteiger partial charge in [0.15, 0.2) is 0 Å². The van der Waals surface area contributed by atoms with Gasteiger partial charge in [-0.15, -0.1) is 0 Å². The summed E-state index contributed by atoms with van der Waals surface area (Å²) in [5.74, 6) is -1.37. The van der Waals surface area contributed by atoms with Crippen molar-refractivity contribution in [2.75, 3.05) is 58.0 Å². The molecule has 0 unspecified atom stereocenters. The lowest BCUT2D eigenvalue weighted by molar-refractivity contribution is -0.137. The number of benzene rings is 1. The topological polar surface area (TPSA) is 227 Å². The number of nitrogens with one attached hydrogen (secondary N) is 6. The SMILES string of the molecule is CC(C)(C)N[C@@H]1CC[C@H](N2CC[C@H](Nc3ncnc4ccc(C(F)(F)F)cc34)C2=O)[C@H](NC(=O)[C@H]2CC[C@H](NC(=O)CCOCCOCCOCCNC(=O)[C@H]3CC(=O)N[C@@H]3c3cccnc3)CC2)C1. The van der Waals surface area contributed by atoms with Crippen molar-refractivity contribution in [2.24, 2.45) is 11.8 Å². The molecule has 2 aliphatic heterocycles. The van der Waals surface area contributed by atoms with Gasteiger partial charge in [0.2, 0.25) is 29.5 Å². The Hall–Kier alpha value is -5.51. The zero-order chi connectivity index (χ0) is 49.8. The van der Waals surface area contributed by atoms with E-state index < -0.39 is 29.7 Å². The lowest BCUT2D eigenvalue weighted by atomic mass is 9.82. The van der Waals surface area contributed by atoms with Crippen molar-refractivity contribution in [2.45, 2.75) is 133 Å². The van der Waals surface area contributed by atoms with Gasteiger partial charge in [-0.2, -0.15) is 13.2 Å². The quantitative estimate of drug-likeness (QED) is 0.0833. The van der Waals surface area contributed by atoms with E-state index in [1.54, 1.807) is 18.5 Å². The minimum atomic E-state index is -4.55. The number of likely N-dealkylation sites (tertiary alicyclic amines) is 1. The fourth-order valence-corrected chi connectivity index (χ4v) is 10.1. The van der Waals surface area contributed by atoms with Gasteiger partial charge < -0.3 is 51.0 Å². The van der Waals surface area contributed by atoms with E-state index in [0.717, 1.165) is 24.1 Å². The second kappa shape index (κ2) is 24.1. The van der Waals surface area contributed by atoms with Gasteiger partial charge in [-0.1, -0.05) is 6.07 Å². The summed E-state index contributed by atoms with van der Waals surface area (Å²) in [5.41, 5.74) is 0.123. The molecule has 0 radical (unpaired) electrons. The molecule has 2 saturated carbocycles. The molecule has 0 bridgehead atoms. The number of fused-ring (bicyclic) bond motifs is 1. The molecule has 2 saturated heterocycles. The lowest BCUT2D eigenvalue weighted by Crippen LogP contribution is -2.60. The summed E-state index contributed by atoms with van der Waals surface area (Å²) in [6.07, 6.45) is 5.34. The summed E-state index contributed by atoms with van der Waals surface area (Å²) in [6, 6.07) is 5.23. The highest BCUT2D eigenvalue weighted by molar-refractivity contribution is 5.93. The van der Waals surface area contributed by atoms with E-state index in [-0.39, 0.29) is 102 Å². The number of hydrogen-bond donors (Lipinski definition) is 6. The summed E-state index contributed by atoms with van der Waals surface area (Å²) in [6.45, 7) is 8.82. The first-order chi connectivity index (χ1) is 33.5. The molecule has 4 aliphatic rings. The largest absolute Gasteiger partial charge is 0.416 e. The molecule has 6 N–H and O–H groups in total. The van der Waals surface area contributed by atoms with Crippen molar-refractivity contribution < 1.29 is 51.4 Å². The highest BCUT2D eigenvalue weighted by atomic mass is 19.4. The number of nitrogens with zero attached hydrogens (tertiary/aromatic N) is 4. The van der Waals surface area contributed by atoms with E-state index in [4.69, 9.17) is 14.2 Å². The molecular formula is C49H67F3N10O8. The third kappa shape index (κ3) is 14.5. The van der Waals surface area contributed by atoms with E-state index in [2.05, 4.69) is 67.6 Å². The van der Waals surface area contributed by atoms with Gasteiger partial charge in [-0.25, -0.2) is 9.97 Å². The third-order valence-corrected chi connectivity index (χ3v) is 13.4. The zero-order valence-corrected chi connectivity index (χ0v) is 40.2. The van der Waals surface area contributed by atoms with Crippen LogP contribution in [0.3, 0.4) is 0 Å². The Labute approximate surface area is 406 Å².